The van der Waals surface area contributed by atoms with Crippen LogP contribution in [-0.4, -0.2) is 35.4 Å². The number of methoxy groups -OCH3 is 1. The number of nitrogens with one attached hydrogen (secondary N) is 2. The van der Waals surface area contributed by atoms with Crippen molar-refractivity contribution in [1.82, 2.24) is 15.3 Å². The zero-order chi connectivity index (χ0) is 14.8. The second kappa shape index (κ2) is 5.32. The van der Waals surface area contributed by atoms with Gasteiger partial charge in [0.25, 0.3) is 0 Å². The first kappa shape index (κ1) is 14.0. The van der Waals surface area contributed by atoms with Crippen molar-refractivity contribution >= 4 is 17.9 Å². The van der Waals surface area contributed by atoms with Crippen LogP contribution < -0.4 is 5.32 Å². The fourth-order valence-corrected chi connectivity index (χ4v) is 1.91. The van der Waals surface area contributed by atoms with Gasteiger partial charge in [0.1, 0.15) is 12.2 Å². The summed E-state index contributed by atoms with van der Waals surface area (Å²) in [6, 6.07) is 0. The lowest BCUT2D eigenvalue weighted by Crippen LogP contribution is -2.35. The quantitative estimate of drug-likeness (QED) is 0.817. The molecule has 0 aliphatic carbocycles. The molecule has 1 aromatic heterocycles. The largest absolute Gasteiger partial charge is 0.480 e. The van der Waals surface area contributed by atoms with Crippen LogP contribution in [0.3, 0.4) is 0 Å². The predicted molar refractivity (Wildman–Crippen MR) is 77.2 cm³/mol. The molecule has 1 aliphatic heterocycles. The number of carbonyl (C=O) groups excluding carboxylic acids is 1. The van der Waals surface area contributed by atoms with E-state index in [9.17, 15) is 4.79 Å². The molecule has 2 rings (SSSR count). The summed E-state index contributed by atoms with van der Waals surface area (Å²) < 4.78 is 5.16. The smallest absolute Gasteiger partial charge is 0.246 e. The van der Waals surface area contributed by atoms with Crippen LogP contribution in [0.4, 0.5) is 0 Å². The van der Waals surface area contributed by atoms with Gasteiger partial charge in [0.05, 0.1) is 24.8 Å². The number of aliphatic imine (C=N–C) groups is 1. The molecule has 2 heterocycles. The van der Waals surface area contributed by atoms with Crippen molar-refractivity contribution in [2.45, 2.75) is 19.3 Å². The highest BCUT2D eigenvalue weighted by atomic mass is 16.5. The molecule has 6 heteroatoms. The molecule has 0 bridgehead atoms. The van der Waals surface area contributed by atoms with Crippen LogP contribution in [0.1, 0.15) is 25.2 Å². The molecule has 0 radical (unpaired) electrons. The molecular weight excluding hydrogens is 256 g/mol. The van der Waals surface area contributed by atoms with E-state index in [4.69, 9.17) is 4.74 Å². The van der Waals surface area contributed by atoms with Crippen LogP contribution in [0.25, 0.3) is 6.08 Å². The lowest BCUT2D eigenvalue weighted by atomic mass is 9.88. The first-order chi connectivity index (χ1) is 9.47. The average molecular weight is 274 g/mol. The van der Waals surface area contributed by atoms with Gasteiger partial charge in [0, 0.05) is 5.41 Å². The van der Waals surface area contributed by atoms with Gasteiger partial charge in [-0.05, 0) is 6.08 Å². The topological polar surface area (TPSA) is 79.4 Å². The zero-order valence-corrected chi connectivity index (χ0v) is 11.9. The third-order valence-corrected chi connectivity index (χ3v) is 3.17. The fraction of sp³-hybridized carbons (Fsp3) is 0.357. The Morgan fingerprint density at radius 3 is 2.90 bits per heavy atom. The molecule has 20 heavy (non-hydrogen) atoms. The maximum absolute atomic E-state index is 11.4. The van der Waals surface area contributed by atoms with E-state index in [1.807, 2.05) is 19.9 Å². The van der Waals surface area contributed by atoms with Gasteiger partial charge in [0.15, 0.2) is 0 Å². The van der Waals surface area contributed by atoms with E-state index >= 15 is 0 Å². The minimum absolute atomic E-state index is 0.0755. The van der Waals surface area contributed by atoms with E-state index in [1.54, 1.807) is 12.4 Å². The minimum Gasteiger partial charge on any atom is -0.480 e. The second-order valence-corrected chi connectivity index (χ2v) is 5.02. The molecule has 0 fully saturated rings. The summed E-state index contributed by atoms with van der Waals surface area (Å²) in [4.78, 5) is 22.9. The lowest BCUT2D eigenvalue weighted by Gasteiger charge is -2.20. The van der Waals surface area contributed by atoms with Crippen molar-refractivity contribution in [3.63, 3.8) is 0 Å². The molecule has 106 valence electrons. The summed E-state index contributed by atoms with van der Waals surface area (Å²) in [7, 11) is 1.52. The molecular formula is C14H18N4O2. The summed E-state index contributed by atoms with van der Waals surface area (Å²) in [5, 5.41) is 2.74. The molecule has 2 N–H and O–H groups in total. The molecule has 1 amide bonds. The number of hydrogen-bond donors (Lipinski definition) is 2. The second-order valence-electron chi connectivity index (χ2n) is 5.02. The molecule has 0 saturated heterocycles. The highest BCUT2D eigenvalue weighted by Crippen LogP contribution is 2.26. The summed E-state index contributed by atoms with van der Waals surface area (Å²) in [6.45, 7) is 7.96. The molecule has 0 atom stereocenters. The maximum Gasteiger partial charge on any atom is 0.246 e. The number of allylic oxidation sites excluding steroid dienone is 1. The van der Waals surface area contributed by atoms with Crippen LogP contribution in [0.15, 0.2) is 29.7 Å². The van der Waals surface area contributed by atoms with Gasteiger partial charge < -0.3 is 15.0 Å². The SMILES string of the molecule is C=CC(C)(C)c1[nH]cnc1/C=C1\NC(=O)CN=C1OC. The van der Waals surface area contributed by atoms with E-state index in [0.29, 0.717) is 11.6 Å². The van der Waals surface area contributed by atoms with E-state index in [1.165, 1.54) is 7.11 Å². The number of nitrogens with zero attached hydrogens (tertiary/aromatic N) is 2. The highest BCUT2D eigenvalue weighted by Gasteiger charge is 2.23. The number of amides is 1. The van der Waals surface area contributed by atoms with E-state index in [2.05, 4.69) is 26.9 Å². The first-order valence-corrected chi connectivity index (χ1v) is 6.25. The number of carbonyl (C=O) groups is 1. The Kier molecular flexibility index (Phi) is 3.74. The number of aromatic amines is 1. The van der Waals surface area contributed by atoms with Gasteiger partial charge in [-0.25, -0.2) is 9.98 Å². The minimum atomic E-state index is -0.258. The van der Waals surface area contributed by atoms with Crippen LogP contribution in [-0.2, 0) is 14.9 Å². The Bertz CT molecular complexity index is 596. The Morgan fingerprint density at radius 1 is 1.50 bits per heavy atom. The van der Waals surface area contributed by atoms with Crippen LogP contribution in [0.2, 0.25) is 0 Å². The number of ether oxygens (including phenoxy) is 1. The van der Waals surface area contributed by atoms with Gasteiger partial charge in [-0.1, -0.05) is 19.9 Å². The number of aromatic nitrogens is 2. The van der Waals surface area contributed by atoms with Crippen LogP contribution in [0.5, 0.6) is 0 Å². The summed E-state index contributed by atoms with van der Waals surface area (Å²) >= 11 is 0. The van der Waals surface area contributed by atoms with Gasteiger partial charge in [-0.3, -0.25) is 4.79 Å². The molecule has 0 saturated carbocycles. The number of imidazole rings is 1. The number of H-pyrrole nitrogens is 1. The molecule has 1 aliphatic rings. The lowest BCUT2D eigenvalue weighted by molar-refractivity contribution is -0.119. The normalized spacial score (nSPS) is 17.6. The van der Waals surface area contributed by atoms with E-state index < -0.39 is 0 Å². The van der Waals surface area contributed by atoms with Crippen LogP contribution >= 0.6 is 0 Å². The maximum atomic E-state index is 11.4. The van der Waals surface area contributed by atoms with Crippen molar-refractivity contribution in [3.05, 3.63) is 36.1 Å². The van der Waals surface area contributed by atoms with E-state index in [-0.39, 0.29) is 17.9 Å². The molecule has 1 aromatic rings. The van der Waals surface area contributed by atoms with Gasteiger partial charge >= 0.3 is 0 Å². The van der Waals surface area contributed by atoms with Crippen molar-refractivity contribution < 1.29 is 9.53 Å². The third-order valence-electron chi connectivity index (χ3n) is 3.17. The van der Waals surface area contributed by atoms with Gasteiger partial charge in [-0.2, -0.15) is 0 Å². The molecule has 6 nitrogen and oxygen atoms in total. The molecule has 0 unspecified atom stereocenters. The zero-order valence-electron chi connectivity index (χ0n) is 11.9. The van der Waals surface area contributed by atoms with Crippen molar-refractivity contribution in [1.29, 1.82) is 0 Å². The predicted octanol–water partition coefficient (Wildman–Crippen LogP) is 1.39. The van der Waals surface area contributed by atoms with E-state index in [0.717, 1.165) is 11.4 Å². The number of rotatable bonds is 3. The standard InChI is InChI=1S/C14H18N4O2/c1-5-14(2,3)12-9(16-8-17-12)6-10-13(20-4)15-7-11(19)18-10/h5-6,8H,1,7H2,2-4H3,(H,16,17)(H,18,19)/b10-6-. The Morgan fingerprint density at radius 2 is 2.25 bits per heavy atom. The number of hydrogen-bond acceptors (Lipinski definition) is 4. The first-order valence-electron chi connectivity index (χ1n) is 6.25. The third kappa shape index (κ3) is 2.64. The highest BCUT2D eigenvalue weighted by molar-refractivity contribution is 6.04. The average Bonchev–Trinajstić information content (AvgIpc) is 2.88. The van der Waals surface area contributed by atoms with Gasteiger partial charge in [-0.15, -0.1) is 6.58 Å². The van der Waals surface area contributed by atoms with Crippen molar-refractivity contribution in [2.24, 2.45) is 4.99 Å². The fourth-order valence-electron chi connectivity index (χ4n) is 1.91. The summed E-state index contributed by atoms with van der Waals surface area (Å²) in [5.74, 6) is 0.229. The molecule has 0 aromatic carbocycles. The molecule has 0 spiro atoms. The Balaban J connectivity index is 2.43. The Hall–Kier alpha value is -2.37. The van der Waals surface area contributed by atoms with Gasteiger partial charge in [0.2, 0.25) is 11.8 Å². The summed E-state index contributed by atoms with van der Waals surface area (Å²) in [5.41, 5.74) is 1.88. The van der Waals surface area contributed by atoms with Crippen molar-refractivity contribution in [3.8, 4) is 0 Å². The van der Waals surface area contributed by atoms with Crippen LogP contribution in [0, 0.1) is 0 Å². The monoisotopic (exact) mass is 274 g/mol. The van der Waals surface area contributed by atoms with Crippen molar-refractivity contribution in [2.75, 3.05) is 13.7 Å². The summed E-state index contributed by atoms with van der Waals surface area (Å²) in [6.07, 6.45) is 5.20. The Labute approximate surface area is 117 Å².